The minimum atomic E-state index is -0.541. The van der Waals surface area contributed by atoms with Crippen LogP contribution in [0.5, 0.6) is 0 Å². The first kappa shape index (κ1) is 23.8. The normalized spacial score (nSPS) is 14.3. The van der Waals surface area contributed by atoms with Crippen LogP contribution in [0.15, 0.2) is 110 Å². The molecule has 0 atom stereocenters. The van der Waals surface area contributed by atoms with E-state index in [0.717, 1.165) is 20.6 Å². The third-order valence-electron chi connectivity index (χ3n) is 7.90. The number of hydrogen-bond acceptors (Lipinski definition) is 6. The van der Waals surface area contributed by atoms with Gasteiger partial charge >= 0.3 is 0 Å². The lowest BCUT2D eigenvalue weighted by Crippen LogP contribution is -2.43. The molecule has 8 rings (SSSR count). The van der Waals surface area contributed by atoms with E-state index in [1.165, 1.54) is 24.8 Å². The Morgan fingerprint density at radius 1 is 0.452 bits per heavy atom. The second-order valence-electron chi connectivity index (χ2n) is 10.1. The average Bonchev–Trinajstić information content (AvgIpc) is 3.03. The van der Waals surface area contributed by atoms with E-state index in [4.69, 9.17) is 0 Å². The molecule has 4 heterocycles. The summed E-state index contributed by atoms with van der Waals surface area (Å²) in [5.41, 5.74) is 2.93. The molecule has 2 aliphatic heterocycles. The van der Waals surface area contributed by atoms with Crippen LogP contribution in [0.4, 0.5) is 11.4 Å². The molecule has 0 bridgehead atoms. The standard InChI is InChI=1S/C34H18N4O4/c39-31-24-7-8-25-29-28(24)27(33(41)37(31)22-9-13-35-14-10-22)18-26(21-6-5-19-3-1-2-4-20(19)17-21)30(29)34(42)38(32(25)40)23-11-15-36-16-12-23/h1-18H. The number of pyridine rings is 2. The van der Waals surface area contributed by atoms with Gasteiger partial charge in [-0.05, 0) is 70.4 Å². The van der Waals surface area contributed by atoms with E-state index in [-0.39, 0.29) is 22.3 Å². The fourth-order valence-electron chi connectivity index (χ4n) is 6.01. The van der Waals surface area contributed by atoms with Crippen molar-refractivity contribution >= 4 is 56.5 Å². The summed E-state index contributed by atoms with van der Waals surface area (Å²) >= 11 is 0. The Balaban J connectivity index is 1.47. The van der Waals surface area contributed by atoms with E-state index in [2.05, 4.69) is 9.97 Å². The minimum absolute atomic E-state index is 0.238. The molecule has 6 aromatic rings. The van der Waals surface area contributed by atoms with Crippen molar-refractivity contribution in [1.29, 1.82) is 0 Å². The molecule has 0 saturated carbocycles. The van der Waals surface area contributed by atoms with E-state index in [0.29, 0.717) is 33.3 Å². The van der Waals surface area contributed by atoms with Crippen LogP contribution < -0.4 is 9.80 Å². The van der Waals surface area contributed by atoms with Gasteiger partial charge < -0.3 is 0 Å². The second kappa shape index (κ2) is 8.74. The summed E-state index contributed by atoms with van der Waals surface area (Å²) in [6.07, 6.45) is 6.05. The van der Waals surface area contributed by atoms with Gasteiger partial charge in [-0.2, -0.15) is 0 Å². The zero-order valence-corrected chi connectivity index (χ0v) is 21.8. The van der Waals surface area contributed by atoms with Gasteiger partial charge in [0.1, 0.15) is 0 Å². The summed E-state index contributed by atoms with van der Waals surface area (Å²) in [5, 5.41) is 2.59. The van der Waals surface area contributed by atoms with Gasteiger partial charge in [-0.15, -0.1) is 0 Å². The summed E-state index contributed by atoms with van der Waals surface area (Å²) in [5.74, 6) is -2.16. The van der Waals surface area contributed by atoms with Crippen LogP contribution >= 0.6 is 0 Å². The highest BCUT2D eigenvalue weighted by Crippen LogP contribution is 2.44. The number of benzene rings is 4. The maximum absolute atomic E-state index is 14.3. The predicted octanol–water partition coefficient (Wildman–Crippen LogP) is 6.05. The van der Waals surface area contributed by atoms with E-state index in [9.17, 15) is 19.2 Å². The molecule has 4 amide bonds. The highest BCUT2D eigenvalue weighted by molar-refractivity contribution is 6.43. The number of anilines is 2. The summed E-state index contributed by atoms with van der Waals surface area (Å²) in [6, 6.07) is 24.8. The zero-order chi connectivity index (χ0) is 28.5. The molecule has 8 heteroatoms. The van der Waals surface area contributed by atoms with Crippen LogP contribution in [0, 0.1) is 0 Å². The Labute approximate surface area is 238 Å². The monoisotopic (exact) mass is 546 g/mol. The van der Waals surface area contributed by atoms with Crippen LogP contribution in [0.3, 0.4) is 0 Å². The number of nitrogens with zero attached hydrogens (tertiary/aromatic N) is 4. The largest absolute Gasteiger partial charge is 0.268 e. The van der Waals surface area contributed by atoms with Crippen molar-refractivity contribution in [2.24, 2.45) is 0 Å². The lowest BCUT2D eigenvalue weighted by atomic mass is 9.81. The number of hydrogen-bond donors (Lipinski definition) is 0. The van der Waals surface area contributed by atoms with Gasteiger partial charge in [-0.25, -0.2) is 9.80 Å². The molecule has 0 fully saturated rings. The number of rotatable bonds is 3. The van der Waals surface area contributed by atoms with Crippen molar-refractivity contribution in [2.75, 3.05) is 9.80 Å². The molecule has 0 spiro atoms. The summed E-state index contributed by atoms with van der Waals surface area (Å²) in [7, 11) is 0. The van der Waals surface area contributed by atoms with Crippen molar-refractivity contribution in [3.63, 3.8) is 0 Å². The number of imide groups is 2. The zero-order valence-electron chi connectivity index (χ0n) is 21.8. The summed E-state index contributed by atoms with van der Waals surface area (Å²) in [4.78, 5) is 66.4. The second-order valence-corrected chi connectivity index (χ2v) is 10.1. The Bertz CT molecular complexity index is 2180. The Hall–Kier alpha value is -6.02. The highest BCUT2D eigenvalue weighted by Gasteiger charge is 2.42. The van der Waals surface area contributed by atoms with Crippen molar-refractivity contribution in [3.05, 3.63) is 132 Å². The SMILES string of the molecule is O=C1c2ccc3c4c(c(-c5ccc6ccccc6c5)cc(c24)C(=O)N1c1ccncc1)C(=O)N(c1ccncc1)C3=O. The molecule has 42 heavy (non-hydrogen) atoms. The number of carbonyl (C=O) groups excluding carboxylic acids is 4. The van der Waals surface area contributed by atoms with Crippen molar-refractivity contribution in [3.8, 4) is 11.1 Å². The van der Waals surface area contributed by atoms with E-state index < -0.39 is 23.6 Å². The van der Waals surface area contributed by atoms with Crippen LogP contribution in [-0.2, 0) is 0 Å². The van der Waals surface area contributed by atoms with Gasteiger partial charge in [0, 0.05) is 52.3 Å². The lowest BCUT2D eigenvalue weighted by molar-refractivity contribution is 0.0873. The molecule has 8 nitrogen and oxygen atoms in total. The summed E-state index contributed by atoms with van der Waals surface area (Å²) in [6.45, 7) is 0. The third kappa shape index (κ3) is 3.23. The molecule has 0 N–H and O–H groups in total. The molecule has 0 radical (unpaired) electrons. The molecule has 0 aliphatic carbocycles. The highest BCUT2D eigenvalue weighted by atomic mass is 16.2. The smallest absolute Gasteiger partial charge is 0.266 e. The van der Waals surface area contributed by atoms with Gasteiger partial charge in [-0.3, -0.25) is 29.1 Å². The van der Waals surface area contributed by atoms with Crippen LogP contribution in [0.25, 0.3) is 32.7 Å². The summed E-state index contributed by atoms with van der Waals surface area (Å²) < 4.78 is 0. The van der Waals surface area contributed by atoms with Gasteiger partial charge in [0.25, 0.3) is 23.6 Å². The first-order valence-corrected chi connectivity index (χ1v) is 13.2. The van der Waals surface area contributed by atoms with Gasteiger partial charge in [-0.1, -0.05) is 36.4 Å². The quantitative estimate of drug-likeness (QED) is 0.251. The predicted molar refractivity (Wildman–Crippen MR) is 158 cm³/mol. The molecular weight excluding hydrogens is 528 g/mol. The minimum Gasteiger partial charge on any atom is -0.268 e. The molecule has 2 aromatic heterocycles. The fourth-order valence-corrected chi connectivity index (χ4v) is 6.01. The van der Waals surface area contributed by atoms with E-state index in [1.54, 1.807) is 42.5 Å². The molecular formula is C34H18N4O4. The number of carbonyl (C=O) groups is 4. The van der Waals surface area contributed by atoms with Crippen LogP contribution in [0.1, 0.15) is 41.4 Å². The Kier molecular flexibility index (Phi) is 4.96. The van der Waals surface area contributed by atoms with E-state index in [1.807, 2.05) is 42.5 Å². The molecule has 4 aromatic carbocycles. The van der Waals surface area contributed by atoms with Crippen LogP contribution in [-0.4, -0.2) is 33.6 Å². The van der Waals surface area contributed by atoms with Crippen LogP contribution in [0.2, 0.25) is 0 Å². The molecule has 198 valence electrons. The number of fused-ring (bicyclic) bond motifs is 1. The number of aromatic nitrogens is 2. The van der Waals surface area contributed by atoms with Gasteiger partial charge in [0.05, 0.1) is 16.9 Å². The third-order valence-corrected chi connectivity index (χ3v) is 7.90. The van der Waals surface area contributed by atoms with Gasteiger partial charge in [0.2, 0.25) is 0 Å². The van der Waals surface area contributed by atoms with Crippen molar-refractivity contribution in [1.82, 2.24) is 9.97 Å². The fraction of sp³-hybridized carbons (Fsp3) is 0. The number of amides is 4. The van der Waals surface area contributed by atoms with E-state index >= 15 is 0 Å². The van der Waals surface area contributed by atoms with Crippen molar-refractivity contribution in [2.45, 2.75) is 0 Å². The average molecular weight is 547 g/mol. The van der Waals surface area contributed by atoms with Crippen molar-refractivity contribution < 1.29 is 19.2 Å². The first-order chi connectivity index (χ1) is 20.5. The Morgan fingerprint density at radius 2 is 1.00 bits per heavy atom. The molecule has 0 saturated heterocycles. The Morgan fingerprint density at radius 3 is 1.64 bits per heavy atom. The maximum atomic E-state index is 14.3. The topological polar surface area (TPSA) is 101 Å². The first-order valence-electron chi connectivity index (χ1n) is 13.2. The maximum Gasteiger partial charge on any atom is 0.266 e. The van der Waals surface area contributed by atoms with Gasteiger partial charge in [0.15, 0.2) is 0 Å². The molecule has 0 unspecified atom stereocenters. The molecule has 2 aliphatic rings. The lowest BCUT2D eigenvalue weighted by Gasteiger charge is -2.33.